The molecule has 3 aromatic heterocycles. The van der Waals surface area contributed by atoms with E-state index in [1.165, 1.54) is 0 Å². The quantitative estimate of drug-likeness (QED) is 0.405. The first kappa shape index (κ1) is 18.7. The van der Waals surface area contributed by atoms with Gasteiger partial charge in [0.15, 0.2) is 5.76 Å². The van der Waals surface area contributed by atoms with Gasteiger partial charge in [-0.05, 0) is 30.3 Å². The Morgan fingerprint density at radius 2 is 2.03 bits per heavy atom. The summed E-state index contributed by atoms with van der Waals surface area (Å²) in [4.78, 5) is 6.77. The van der Waals surface area contributed by atoms with Crippen LogP contribution in [0.5, 0.6) is 5.75 Å². The Morgan fingerprint density at radius 3 is 2.90 bits per heavy atom. The minimum atomic E-state index is 0.420. The van der Waals surface area contributed by atoms with E-state index in [0.717, 1.165) is 38.4 Å². The molecular weight excluding hydrogens is 384 g/mol. The van der Waals surface area contributed by atoms with Gasteiger partial charge in [0.2, 0.25) is 0 Å². The van der Waals surface area contributed by atoms with E-state index in [1.54, 1.807) is 12.4 Å². The van der Waals surface area contributed by atoms with Crippen molar-refractivity contribution < 1.29 is 19.1 Å². The van der Waals surface area contributed by atoms with E-state index in [0.29, 0.717) is 40.1 Å². The minimum Gasteiger partial charge on any atom is -0.492 e. The molecule has 30 heavy (non-hydrogen) atoms. The molecule has 0 spiro atoms. The van der Waals surface area contributed by atoms with Crippen molar-refractivity contribution in [1.82, 2.24) is 14.3 Å². The van der Waals surface area contributed by atoms with Crippen LogP contribution < -0.4 is 10.1 Å². The molecular formula is C22H22N4O4. The van der Waals surface area contributed by atoms with E-state index in [1.807, 2.05) is 47.0 Å². The van der Waals surface area contributed by atoms with E-state index in [9.17, 15) is 5.21 Å². The van der Waals surface area contributed by atoms with E-state index in [4.69, 9.17) is 13.9 Å². The zero-order chi connectivity index (χ0) is 20.3. The van der Waals surface area contributed by atoms with Gasteiger partial charge in [0, 0.05) is 48.9 Å². The van der Waals surface area contributed by atoms with Gasteiger partial charge >= 0.3 is 0 Å². The summed E-state index contributed by atoms with van der Waals surface area (Å²) >= 11 is 0. The first-order chi connectivity index (χ1) is 14.8. The molecule has 154 valence electrons. The summed E-state index contributed by atoms with van der Waals surface area (Å²) in [6.07, 6.45) is 3.66. The van der Waals surface area contributed by atoms with Gasteiger partial charge in [0.25, 0.3) is 0 Å². The van der Waals surface area contributed by atoms with Crippen LogP contribution in [0.1, 0.15) is 0 Å². The number of morpholine rings is 1. The number of rotatable bonds is 5. The monoisotopic (exact) mass is 406 g/mol. The normalized spacial score (nSPS) is 15.8. The lowest BCUT2D eigenvalue weighted by Crippen LogP contribution is -2.38. The van der Waals surface area contributed by atoms with Gasteiger partial charge in [0.05, 0.1) is 19.5 Å². The third-order valence-corrected chi connectivity index (χ3v) is 5.27. The van der Waals surface area contributed by atoms with Crippen LogP contribution in [0.3, 0.4) is 0 Å². The average molecular weight is 406 g/mol. The van der Waals surface area contributed by atoms with Crippen LogP contribution in [0.2, 0.25) is 0 Å². The summed E-state index contributed by atoms with van der Waals surface area (Å²) in [6.45, 7) is 4.83. The summed E-state index contributed by atoms with van der Waals surface area (Å²) < 4.78 is 19.3. The number of aromatic nitrogens is 2. The summed E-state index contributed by atoms with van der Waals surface area (Å²) in [5.41, 5.74) is 2.23. The van der Waals surface area contributed by atoms with E-state index >= 15 is 0 Å². The van der Waals surface area contributed by atoms with Crippen molar-refractivity contribution in [2.24, 2.45) is 5.16 Å². The van der Waals surface area contributed by atoms with E-state index in [-0.39, 0.29) is 0 Å². The fourth-order valence-electron chi connectivity index (χ4n) is 3.64. The van der Waals surface area contributed by atoms with E-state index < -0.39 is 0 Å². The summed E-state index contributed by atoms with van der Waals surface area (Å²) in [6, 6.07) is 13.1. The maximum absolute atomic E-state index is 9.51. The summed E-state index contributed by atoms with van der Waals surface area (Å²) in [5.74, 6) is 1.22. The maximum atomic E-state index is 9.51. The molecule has 1 aliphatic rings. The van der Waals surface area contributed by atoms with Crippen molar-refractivity contribution in [1.29, 1.82) is 0 Å². The Bertz CT molecular complexity index is 1240. The summed E-state index contributed by atoms with van der Waals surface area (Å²) in [5, 5.41) is 14.1. The van der Waals surface area contributed by atoms with Crippen LogP contribution in [-0.4, -0.2) is 58.9 Å². The fraction of sp³-hybridized carbons (Fsp3) is 0.273. The third kappa shape index (κ3) is 3.74. The lowest BCUT2D eigenvalue weighted by atomic mass is 10.2. The van der Waals surface area contributed by atoms with Gasteiger partial charge in [-0.25, -0.2) is 4.98 Å². The predicted molar refractivity (Wildman–Crippen MR) is 111 cm³/mol. The molecule has 1 saturated heterocycles. The second-order valence-corrected chi connectivity index (χ2v) is 7.17. The number of fused-ring (bicyclic) bond motifs is 2. The van der Waals surface area contributed by atoms with Gasteiger partial charge in [-0.1, -0.05) is 5.16 Å². The predicted octanol–water partition coefficient (Wildman–Crippen LogP) is 2.75. The van der Waals surface area contributed by atoms with Gasteiger partial charge in [-0.2, -0.15) is 0 Å². The SMILES string of the molecule is O/N=c1/cc(-c2cc3cccn3cn2)oc2cc(OCCN3CCOCC3)ccc12. The first-order valence-corrected chi connectivity index (χ1v) is 9.92. The Hall–Kier alpha value is -3.36. The molecule has 0 saturated carbocycles. The Morgan fingerprint density at radius 1 is 1.13 bits per heavy atom. The van der Waals surface area contributed by atoms with Crippen LogP contribution in [0.15, 0.2) is 64.6 Å². The Balaban J connectivity index is 1.43. The van der Waals surface area contributed by atoms with Crippen LogP contribution >= 0.6 is 0 Å². The molecule has 8 heteroatoms. The van der Waals surface area contributed by atoms with Crippen LogP contribution in [-0.2, 0) is 4.74 Å². The fourth-order valence-corrected chi connectivity index (χ4v) is 3.64. The molecule has 4 heterocycles. The Labute approximate surface area is 172 Å². The smallest absolute Gasteiger partial charge is 0.155 e. The standard InChI is InChI=1S/C22H22N4O4/c27-24-19-14-22(20-12-16-2-1-5-26(16)15-23-20)30-21-13-17(3-4-18(19)21)29-11-8-25-6-9-28-10-7-25/h1-5,12-15,27H,6-11H2/b24-19-. The molecule has 0 atom stereocenters. The van der Waals surface area contributed by atoms with Crippen molar-refractivity contribution >= 4 is 16.5 Å². The zero-order valence-electron chi connectivity index (χ0n) is 16.4. The number of ether oxygens (including phenoxy) is 2. The second kappa shape index (κ2) is 8.17. The van der Waals surface area contributed by atoms with Crippen molar-refractivity contribution in [3.63, 3.8) is 0 Å². The minimum absolute atomic E-state index is 0.420. The average Bonchev–Trinajstić information content (AvgIpc) is 3.27. The summed E-state index contributed by atoms with van der Waals surface area (Å²) in [7, 11) is 0. The molecule has 4 aromatic rings. The lowest BCUT2D eigenvalue weighted by Gasteiger charge is -2.26. The molecule has 0 unspecified atom stereocenters. The van der Waals surface area contributed by atoms with Crippen molar-refractivity contribution in [2.45, 2.75) is 0 Å². The highest BCUT2D eigenvalue weighted by atomic mass is 16.5. The third-order valence-electron chi connectivity index (χ3n) is 5.27. The molecule has 0 aliphatic carbocycles. The van der Waals surface area contributed by atoms with E-state index in [2.05, 4.69) is 15.0 Å². The molecule has 0 radical (unpaired) electrons. The largest absolute Gasteiger partial charge is 0.492 e. The van der Waals surface area contributed by atoms with Crippen molar-refractivity contribution in [2.75, 3.05) is 39.5 Å². The van der Waals surface area contributed by atoms with Crippen LogP contribution in [0, 0.1) is 0 Å². The number of benzene rings is 1. The first-order valence-electron chi connectivity index (χ1n) is 9.92. The Kier molecular flexibility index (Phi) is 5.08. The lowest BCUT2D eigenvalue weighted by molar-refractivity contribution is 0.0322. The molecule has 1 fully saturated rings. The van der Waals surface area contributed by atoms with Crippen molar-refractivity contribution in [3.05, 3.63) is 60.3 Å². The maximum Gasteiger partial charge on any atom is 0.155 e. The number of nitrogens with zero attached hydrogens (tertiary/aromatic N) is 4. The molecule has 5 rings (SSSR count). The second-order valence-electron chi connectivity index (χ2n) is 7.17. The molecule has 0 amide bonds. The molecule has 0 bridgehead atoms. The van der Waals surface area contributed by atoms with Crippen LogP contribution in [0.25, 0.3) is 27.9 Å². The number of hydrogen-bond acceptors (Lipinski definition) is 7. The highest BCUT2D eigenvalue weighted by Gasteiger charge is 2.12. The topological polar surface area (TPSA) is 84.7 Å². The van der Waals surface area contributed by atoms with Gasteiger partial charge < -0.3 is 23.5 Å². The zero-order valence-corrected chi connectivity index (χ0v) is 16.4. The molecule has 1 N–H and O–H groups in total. The van der Waals surface area contributed by atoms with Crippen molar-refractivity contribution in [3.8, 4) is 17.2 Å². The molecule has 1 aliphatic heterocycles. The molecule has 8 nitrogen and oxygen atoms in total. The van der Waals surface area contributed by atoms with Gasteiger partial charge in [-0.3, -0.25) is 4.90 Å². The molecule has 1 aromatic carbocycles. The number of hydrogen-bond donors (Lipinski definition) is 1. The highest BCUT2D eigenvalue weighted by molar-refractivity contribution is 5.79. The van der Waals surface area contributed by atoms with Gasteiger partial charge in [0.1, 0.15) is 29.0 Å². The van der Waals surface area contributed by atoms with Crippen LogP contribution in [0.4, 0.5) is 0 Å². The van der Waals surface area contributed by atoms with Gasteiger partial charge in [-0.15, -0.1) is 0 Å². The highest BCUT2D eigenvalue weighted by Crippen LogP contribution is 2.25.